The van der Waals surface area contributed by atoms with Gasteiger partial charge >= 0.3 is 0 Å². The second kappa shape index (κ2) is 12.0. The maximum absolute atomic E-state index is 12.9. The Hall–Kier alpha value is -3.04. The normalized spacial score (nSPS) is 18.5. The molecule has 2 aliphatic rings. The second-order valence-corrected chi connectivity index (χ2v) is 10.6. The summed E-state index contributed by atoms with van der Waals surface area (Å²) in [6.07, 6.45) is 4.98. The van der Waals surface area contributed by atoms with Crippen molar-refractivity contribution < 1.29 is 14.7 Å². The molecule has 9 nitrogen and oxygen atoms in total. The van der Waals surface area contributed by atoms with E-state index in [-0.39, 0.29) is 29.8 Å². The number of aliphatic hydroxyl groups is 1. The molecule has 4 rings (SSSR count). The molecular weight excluding hydrogens is 470 g/mol. The summed E-state index contributed by atoms with van der Waals surface area (Å²) in [5, 5.41) is 11.2. The molecule has 2 aromatic rings. The van der Waals surface area contributed by atoms with E-state index in [9.17, 15) is 19.5 Å². The first-order valence-electron chi connectivity index (χ1n) is 13.4. The molecular formula is C28H39N5O4. The Morgan fingerprint density at radius 3 is 2.41 bits per heavy atom. The second-order valence-electron chi connectivity index (χ2n) is 10.6. The van der Waals surface area contributed by atoms with Crippen LogP contribution < -0.4 is 10.5 Å². The molecule has 1 aromatic carbocycles. The lowest BCUT2D eigenvalue weighted by atomic mass is 9.90. The molecule has 0 bridgehead atoms. The summed E-state index contributed by atoms with van der Waals surface area (Å²) >= 11 is 0. The molecule has 37 heavy (non-hydrogen) atoms. The van der Waals surface area contributed by atoms with Crippen molar-refractivity contribution in [1.29, 1.82) is 0 Å². The summed E-state index contributed by atoms with van der Waals surface area (Å²) in [5.74, 6) is 0.399. The van der Waals surface area contributed by atoms with Gasteiger partial charge in [-0.2, -0.15) is 0 Å². The lowest BCUT2D eigenvalue weighted by Crippen LogP contribution is -2.49. The molecule has 1 unspecified atom stereocenters. The van der Waals surface area contributed by atoms with Crippen molar-refractivity contribution in [2.75, 3.05) is 44.2 Å². The number of carbonyl (C=O) groups excluding carboxylic acids is 2. The fraction of sp³-hybridized carbons (Fsp3) is 0.571. The van der Waals surface area contributed by atoms with Crippen LogP contribution >= 0.6 is 0 Å². The number of carbonyl (C=O) groups is 2. The predicted molar refractivity (Wildman–Crippen MR) is 142 cm³/mol. The Bertz CT molecular complexity index is 1120. The molecule has 3 heterocycles. The van der Waals surface area contributed by atoms with E-state index < -0.39 is 5.60 Å². The molecule has 2 fully saturated rings. The molecule has 2 amide bonds. The number of anilines is 1. The first kappa shape index (κ1) is 27.0. The van der Waals surface area contributed by atoms with Crippen LogP contribution in [0.1, 0.15) is 57.4 Å². The van der Waals surface area contributed by atoms with E-state index in [1.54, 1.807) is 4.90 Å². The quantitative estimate of drug-likeness (QED) is 0.557. The number of hydrogen-bond acceptors (Lipinski definition) is 6. The molecule has 0 saturated carbocycles. The molecule has 0 spiro atoms. The largest absolute Gasteiger partial charge is 0.388 e. The lowest BCUT2D eigenvalue weighted by Gasteiger charge is -2.38. The number of hydrogen-bond donors (Lipinski definition) is 1. The highest BCUT2D eigenvalue weighted by Gasteiger charge is 2.35. The average Bonchev–Trinajstić information content (AvgIpc) is 3.40. The summed E-state index contributed by atoms with van der Waals surface area (Å²) in [5.41, 5.74) is -0.259. The monoisotopic (exact) mass is 509 g/mol. The van der Waals surface area contributed by atoms with E-state index >= 15 is 0 Å². The predicted octanol–water partition coefficient (Wildman–Crippen LogP) is 2.24. The Morgan fingerprint density at radius 1 is 1.11 bits per heavy atom. The number of rotatable bonds is 9. The zero-order valence-electron chi connectivity index (χ0n) is 22.0. The smallest absolute Gasteiger partial charge is 0.255 e. The highest BCUT2D eigenvalue weighted by molar-refractivity contribution is 5.90. The third-order valence-corrected chi connectivity index (χ3v) is 7.72. The Balaban J connectivity index is 1.32. The van der Waals surface area contributed by atoms with Gasteiger partial charge < -0.3 is 14.9 Å². The highest BCUT2D eigenvalue weighted by atomic mass is 16.3. The number of likely N-dealkylation sites (tertiary alicyclic amines) is 2. The number of nitrogens with zero attached hydrogens (tertiary/aromatic N) is 5. The molecule has 2 saturated heterocycles. The van der Waals surface area contributed by atoms with E-state index in [0.717, 1.165) is 25.2 Å². The van der Waals surface area contributed by atoms with Gasteiger partial charge in [-0.3, -0.25) is 23.9 Å². The maximum atomic E-state index is 12.9. The van der Waals surface area contributed by atoms with Crippen molar-refractivity contribution in [2.24, 2.45) is 0 Å². The Labute approximate surface area is 218 Å². The van der Waals surface area contributed by atoms with E-state index in [1.807, 2.05) is 35.2 Å². The van der Waals surface area contributed by atoms with Gasteiger partial charge in [-0.1, -0.05) is 37.3 Å². The summed E-state index contributed by atoms with van der Waals surface area (Å²) in [4.78, 5) is 48.0. The summed E-state index contributed by atoms with van der Waals surface area (Å²) in [6, 6.07) is 11.4. The van der Waals surface area contributed by atoms with Gasteiger partial charge in [-0.05, 0) is 50.3 Å². The van der Waals surface area contributed by atoms with E-state index in [1.165, 1.54) is 36.7 Å². The van der Waals surface area contributed by atoms with Gasteiger partial charge in [0, 0.05) is 45.6 Å². The first-order chi connectivity index (χ1) is 17.7. The summed E-state index contributed by atoms with van der Waals surface area (Å²) in [6.45, 7) is 7.85. The van der Waals surface area contributed by atoms with Crippen LogP contribution in [0.4, 0.5) is 5.82 Å². The van der Waals surface area contributed by atoms with Crippen LogP contribution in [0, 0.1) is 0 Å². The number of aromatic nitrogens is 2. The highest BCUT2D eigenvalue weighted by Crippen LogP contribution is 2.26. The van der Waals surface area contributed by atoms with Gasteiger partial charge in [0.05, 0.1) is 18.5 Å². The molecule has 1 N–H and O–H groups in total. The van der Waals surface area contributed by atoms with Gasteiger partial charge in [-0.15, -0.1) is 0 Å². The molecule has 1 atom stereocenters. The van der Waals surface area contributed by atoms with Gasteiger partial charge in [0.25, 0.3) is 5.56 Å². The zero-order valence-corrected chi connectivity index (χ0v) is 22.0. The zero-order chi connectivity index (χ0) is 26.4. The van der Waals surface area contributed by atoms with Crippen molar-refractivity contribution in [3.05, 3.63) is 58.6 Å². The number of piperidine rings is 1. The third kappa shape index (κ3) is 7.05. The Kier molecular flexibility index (Phi) is 8.76. The first-order valence-corrected chi connectivity index (χ1v) is 13.4. The fourth-order valence-electron chi connectivity index (χ4n) is 5.30. The minimum absolute atomic E-state index is 0.0832. The average molecular weight is 510 g/mol. The molecule has 0 radical (unpaired) electrons. The lowest BCUT2D eigenvalue weighted by molar-refractivity contribution is -0.136. The minimum atomic E-state index is -1.09. The van der Waals surface area contributed by atoms with Crippen molar-refractivity contribution >= 4 is 17.6 Å². The number of benzene rings is 1. The maximum Gasteiger partial charge on any atom is 0.255 e. The van der Waals surface area contributed by atoms with Crippen LogP contribution in [0.3, 0.4) is 0 Å². The van der Waals surface area contributed by atoms with Crippen LogP contribution in [0.15, 0.2) is 47.5 Å². The van der Waals surface area contributed by atoms with E-state index in [4.69, 9.17) is 0 Å². The minimum Gasteiger partial charge on any atom is -0.388 e. The van der Waals surface area contributed by atoms with Gasteiger partial charge in [-0.25, -0.2) is 4.98 Å². The van der Waals surface area contributed by atoms with E-state index in [0.29, 0.717) is 44.7 Å². The molecule has 9 heteroatoms. The fourth-order valence-corrected chi connectivity index (χ4v) is 5.30. The molecule has 1 aromatic heterocycles. The van der Waals surface area contributed by atoms with Crippen molar-refractivity contribution in [1.82, 2.24) is 19.4 Å². The standard InChI is InChI=1S/C28H39N5O4/c1-22(24-8-4-3-5-9-24)18-26(35)31-14-10-28(37,11-15-31)20-32-21-29-25(19-27(32)36)33(23(2)34)17-16-30-12-6-7-13-30/h3-5,8-9,19,21-22,37H,6-7,10-18,20H2,1-2H3. The van der Waals surface area contributed by atoms with Crippen molar-refractivity contribution in [3.63, 3.8) is 0 Å². The van der Waals surface area contributed by atoms with Gasteiger partial charge in [0.2, 0.25) is 11.8 Å². The van der Waals surface area contributed by atoms with Gasteiger partial charge in [0.1, 0.15) is 5.82 Å². The summed E-state index contributed by atoms with van der Waals surface area (Å²) in [7, 11) is 0. The van der Waals surface area contributed by atoms with Crippen LogP contribution in [0.2, 0.25) is 0 Å². The van der Waals surface area contributed by atoms with Crippen LogP contribution in [-0.2, 0) is 16.1 Å². The van der Waals surface area contributed by atoms with Crippen molar-refractivity contribution in [3.8, 4) is 0 Å². The van der Waals surface area contributed by atoms with Crippen molar-refractivity contribution in [2.45, 2.75) is 64.0 Å². The molecule has 200 valence electrons. The molecule has 0 aliphatic carbocycles. The third-order valence-electron chi connectivity index (χ3n) is 7.72. The topological polar surface area (TPSA) is 99.0 Å². The summed E-state index contributed by atoms with van der Waals surface area (Å²) < 4.78 is 1.40. The number of amides is 2. The SMILES string of the molecule is CC(=O)N(CCN1CCCC1)c1cc(=O)n(CC2(O)CCN(C(=O)CC(C)c3ccccc3)CC2)cn1. The van der Waals surface area contributed by atoms with Crippen LogP contribution in [0.5, 0.6) is 0 Å². The molecule has 2 aliphatic heterocycles. The van der Waals surface area contributed by atoms with Gasteiger partial charge in [0.15, 0.2) is 0 Å². The van der Waals surface area contributed by atoms with E-state index in [2.05, 4.69) is 16.8 Å². The van der Waals surface area contributed by atoms with Crippen LogP contribution in [0.25, 0.3) is 0 Å². The Morgan fingerprint density at radius 2 is 1.78 bits per heavy atom. The van der Waals surface area contributed by atoms with Crippen LogP contribution in [-0.4, -0.2) is 81.1 Å².